The lowest BCUT2D eigenvalue weighted by molar-refractivity contribution is 0.0337. The molecular weight excluding hydrogens is 464 g/mol. The van der Waals surface area contributed by atoms with Crippen molar-refractivity contribution in [1.29, 1.82) is 0 Å². The molecule has 1 atom stereocenters. The molecule has 0 aliphatic carbocycles. The molecule has 2 aliphatic rings. The Hall–Kier alpha value is -3.68. The van der Waals surface area contributed by atoms with Gasteiger partial charge in [0.1, 0.15) is 5.75 Å². The van der Waals surface area contributed by atoms with Gasteiger partial charge in [-0.25, -0.2) is 0 Å². The number of H-pyrrole nitrogens is 1. The van der Waals surface area contributed by atoms with Gasteiger partial charge in [-0.05, 0) is 61.3 Å². The first kappa shape index (κ1) is 23.7. The van der Waals surface area contributed by atoms with Crippen molar-refractivity contribution in [3.8, 4) is 5.75 Å². The van der Waals surface area contributed by atoms with Gasteiger partial charge in [0.15, 0.2) is 0 Å². The van der Waals surface area contributed by atoms with E-state index in [-0.39, 0.29) is 17.9 Å². The summed E-state index contributed by atoms with van der Waals surface area (Å²) < 4.78 is 5.48. The van der Waals surface area contributed by atoms with Crippen LogP contribution in [0.2, 0.25) is 0 Å². The number of aromatic amines is 1. The number of methoxy groups -OCH3 is 1. The van der Waals surface area contributed by atoms with Gasteiger partial charge in [0.25, 0.3) is 5.91 Å². The third-order valence-electron chi connectivity index (χ3n) is 8.15. The zero-order chi connectivity index (χ0) is 25.4. The number of benzene rings is 2. The normalized spacial score (nSPS) is 19.2. The molecule has 1 fully saturated rings. The third kappa shape index (κ3) is 4.18. The number of likely N-dealkylation sites (tertiary alicyclic amines) is 1. The molecule has 2 aromatic carbocycles. The van der Waals surface area contributed by atoms with Crippen LogP contribution in [0.15, 0.2) is 73.1 Å². The molecule has 1 spiro atoms. The van der Waals surface area contributed by atoms with Gasteiger partial charge in [0.05, 0.1) is 25.3 Å². The highest BCUT2D eigenvalue weighted by molar-refractivity contribution is 5.95. The number of nitrogens with zero attached hydrogens (tertiary/aromatic N) is 3. The van der Waals surface area contributed by atoms with Crippen LogP contribution in [0.25, 0.3) is 10.9 Å². The van der Waals surface area contributed by atoms with E-state index in [1.165, 1.54) is 11.1 Å². The Morgan fingerprint density at radius 2 is 1.95 bits per heavy atom. The number of amides is 1. The number of aromatic nitrogens is 2. The van der Waals surface area contributed by atoms with Gasteiger partial charge < -0.3 is 19.7 Å². The molecule has 6 rings (SSSR count). The second-order valence-electron chi connectivity index (χ2n) is 10.2. The molecule has 4 aromatic rings. The van der Waals surface area contributed by atoms with Crippen LogP contribution in [0, 0.1) is 0 Å². The number of piperidine rings is 1. The second kappa shape index (κ2) is 9.65. The fraction of sp³-hybridized carbons (Fsp3) is 0.333. The van der Waals surface area contributed by atoms with Gasteiger partial charge in [-0.15, -0.1) is 0 Å². The van der Waals surface area contributed by atoms with Gasteiger partial charge in [0, 0.05) is 53.6 Å². The molecule has 7 nitrogen and oxygen atoms in total. The summed E-state index contributed by atoms with van der Waals surface area (Å²) in [5, 5.41) is 11.7. The Morgan fingerprint density at radius 1 is 1.14 bits per heavy atom. The van der Waals surface area contributed by atoms with Crippen molar-refractivity contribution in [2.45, 2.75) is 30.8 Å². The highest BCUT2D eigenvalue weighted by Gasteiger charge is 2.48. The summed E-state index contributed by atoms with van der Waals surface area (Å²) in [4.78, 5) is 25.9. The molecule has 2 aliphatic heterocycles. The van der Waals surface area contributed by atoms with Gasteiger partial charge in [-0.3, -0.25) is 14.7 Å². The molecule has 0 saturated carbocycles. The van der Waals surface area contributed by atoms with Crippen LogP contribution in [0.3, 0.4) is 0 Å². The van der Waals surface area contributed by atoms with E-state index in [1.807, 2.05) is 17.0 Å². The Bertz CT molecular complexity index is 1390. The van der Waals surface area contributed by atoms with Crippen molar-refractivity contribution >= 4 is 16.8 Å². The summed E-state index contributed by atoms with van der Waals surface area (Å²) in [6.45, 7) is 3.22. The Kier molecular flexibility index (Phi) is 6.18. The molecule has 4 heterocycles. The maximum Gasteiger partial charge on any atom is 0.256 e. The van der Waals surface area contributed by atoms with Gasteiger partial charge in [0.2, 0.25) is 0 Å². The summed E-state index contributed by atoms with van der Waals surface area (Å²) in [5.41, 5.74) is 4.81. The molecule has 2 aromatic heterocycles. The number of ether oxygens (including phenoxy) is 1. The second-order valence-corrected chi connectivity index (χ2v) is 10.2. The Labute approximate surface area is 216 Å². The van der Waals surface area contributed by atoms with Gasteiger partial charge in [-0.1, -0.05) is 30.3 Å². The van der Waals surface area contributed by atoms with E-state index in [4.69, 9.17) is 4.74 Å². The number of rotatable bonds is 5. The van der Waals surface area contributed by atoms with Crippen molar-refractivity contribution in [2.24, 2.45) is 0 Å². The number of hydrogen-bond donors (Lipinski definition) is 2. The van der Waals surface area contributed by atoms with E-state index in [1.54, 1.807) is 31.6 Å². The number of nitrogens with one attached hydrogen (secondary N) is 1. The molecule has 0 radical (unpaired) electrons. The van der Waals surface area contributed by atoms with E-state index < -0.39 is 6.04 Å². The minimum Gasteiger partial charge on any atom is -0.497 e. The number of aliphatic hydroxyl groups excluding tert-OH is 1. The van der Waals surface area contributed by atoms with Crippen LogP contribution in [-0.2, 0) is 12.0 Å². The predicted molar refractivity (Wildman–Crippen MR) is 143 cm³/mol. The zero-order valence-corrected chi connectivity index (χ0v) is 21.1. The fourth-order valence-electron chi connectivity index (χ4n) is 6.26. The molecule has 37 heavy (non-hydrogen) atoms. The smallest absolute Gasteiger partial charge is 0.256 e. The molecule has 1 amide bonds. The molecular formula is C30H32N4O3. The van der Waals surface area contributed by atoms with Crippen molar-refractivity contribution in [3.05, 3.63) is 95.4 Å². The average molecular weight is 497 g/mol. The first-order valence-electron chi connectivity index (χ1n) is 12.9. The van der Waals surface area contributed by atoms with Crippen molar-refractivity contribution < 1.29 is 14.6 Å². The van der Waals surface area contributed by atoms with Crippen molar-refractivity contribution in [2.75, 3.05) is 33.4 Å². The molecule has 1 saturated heterocycles. The maximum atomic E-state index is 13.8. The van der Waals surface area contributed by atoms with Crippen LogP contribution in [0.1, 0.15) is 46.1 Å². The lowest BCUT2D eigenvalue weighted by Gasteiger charge is -2.50. The van der Waals surface area contributed by atoms with Crippen LogP contribution in [-0.4, -0.2) is 64.1 Å². The highest BCUT2D eigenvalue weighted by atomic mass is 16.5. The Balaban J connectivity index is 1.40. The topological polar surface area (TPSA) is 81.7 Å². The summed E-state index contributed by atoms with van der Waals surface area (Å²) in [6.07, 6.45) is 5.14. The molecule has 0 unspecified atom stereocenters. The van der Waals surface area contributed by atoms with E-state index in [2.05, 4.69) is 51.3 Å². The summed E-state index contributed by atoms with van der Waals surface area (Å²) in [7, 11) is 1.67. The first-order valence-corrected chi connectivity index (χ1v) is 12.9. The number of fused-ring (bicyclic) bond motifs is 4. The maximum absolute atomic E-state index is 13.8. The minimum absolute atomic E-state index is 0.0971. The molecule has 190 valence electrons. The lowest BCUT2D eigenvalue weighted by Crippen LogP contribution is -2.55. The summed E-state index contributed by atoms with van der Waals surface area (Å²) >= 11 is 0. The largest absolute Gasteiger partial charge is 0.497 e. The zero-order valence-electron chi connectivity index (χ0n) is 21.1. The predicted octanol–water partition coefficient (Wildman–Crippen LogP) is 4.29. The third-order valence-corrected chi connectivity index (χ3v) is 8.15. The fourth-order valence-corrected chi connectivity index (χ4v) is 6.26. The number of aliphatic hydroxyl groups is 1. The van der Waals surface area contributed by atoms with Crippen LogP contribution < -0.4 is 4.74 Å². The van der Waals surface area contributed by atoms with Crippen LogP contribution >= 0.6 is 0 Å². The number of hydrogen-bond acceptors (Lipinski definition) is 5. The number of carbonyl (C=O) groups is 1. The minimum atomic E-state index is -0.450. The SMILES string of the molecule is COc1ccc2c3c([nH]c2c1)[C@@H](CO)N(C(=O)c1cccnc1)CC31CCN(Cc2ccccc2)CC1. The van der Waals surface area contributed by atoms with E-state index >= 15 is 0 Å². The van der Waals surface area contributed by atoms with Crippen LogP contribution in [0.5, 0.6) is 5.75 Å². The van der Waals surface area contributed by atoms with Crippen molar-refractivity contribution in [1.82, 2.24) is 19.8 Å². The van der Waals surface area contributed by atoms with E-state index in [0.29, 0.717) is 12.1 Å². The number of carbonyl (C=O) groups excluding carboxylic acids is 1. The van der Waals surface area contributed by atoms with Gasteiger partial charge in [-0.2, -0.15) is 0 Å². The quantitative estimate of drug-likeness (QED) is 0.431. The highest BCUT2D eigenvalue weighted by Crippen LogP contribution is 2.49. The average Bonchev–Trinajstić information content (AvgIpc) is 3.34. The lowest BCUT2D eigenvalue weighted by atomic mass is 9.68. The monoisotopic (exact) mass is 496 g/mol. The van der Waals surface area contributed by atoms with Crippen LogP contribution in [0.4, 0.5) is 0 Å². The first-order chi connectivity index (χ1) is 18.1. The molecule has 0 bridgehead atoms. The standard InChI is InChI=1S/C30H32N4O3/c1-37-23-9-10-24-25(16-23)32-28-26(19-35)34(29(36)22-8-5-13-31-17-22)20-30(27(24)28)11-14-33(15-12-30)18-21-6-3-2-4-7-21/h2-10,13,16-17,26,32,35H,11-12,14-15,18-20H2,1H3/t26-/m1/s1. The van der Waals surface area contributed by atoms with Crippen molar-refractivity contribution in [3.63, 3.8) is 0 Å². The van der Waals surface area contributed by atoms with E-state index in [9.17, 15) is 9.90 Å². The Morgan fingerprint density at radius 3 is 2.65 bits per heavy atom. The van der Waals surface area contributed by atoms with Gasteiger partial charge >= 0.3 is 0 Å². The summed E-state index contributed by atoms with van der Waals surface area (Å²) in [6, 6.07) is 19.8. The van der Waals surface area contributed by atoms with E-state index in [0.717, 1.165) is 54.8 Å². The molecule has 2 N–H and O–H groups in total. The molecule has 7 heteroatoms. The number of pyridine rings is 1. The summed E-state index contributed by atoms with van der Waals surface area (Å²) in [5.74, 6) is 0.682.